The van der Waals surface area contributed by atoms with Crippen LogP contribution < -0.4 is 10.6 Å². The fraction of sp³-hybridized carbons (Fsp3) is 0.273. The largest absolute Gasteiger partial charge is 0.159 e. The van der Waals surface area contributed by atoms with Crippen molar-refractivity contribution < 1.29 is 0 Å². The Morgan fingerprint density at radius 1 is 1.31 bits per heavy atom. The number of aromatic nitrogens is 2. The molecule has 0 saturated carbocycles. The van der Waals surface area contributed by atoms with Gasteiger partial charge in [0.15, 0.2) is 0 Å². The zero-order valence-electron chi connectivity index (χ0n) is 8.07. The summed E-state index contributed by atoms with van der Waals surface area (Å²) in [7, 11) is 0. The first kappa shape index (κ1) is 9.65. The highest BCUT2D eigenvalue weighted by atomic mass is 15.1. The van der Waals surface area contributed by atoms with Gasteiger partial charge in [0, 0.05) is 0 Å². The van der Waals surface area contributed by atoms with Crippen LogP contribution in [0.4, 0.5) is 0 Å². The Morgan fingerprint density at radius 2 is 2.15 bits per heavy atom. The predicted octanol–water partition coefficient (Wildman–Crippen LogP) is 1.02. The van der Waals surface area contributed by atoms with E-state index in [1.165, 1.54) is 5.22 Å². The van der Waals surface area contributed by atoms with Crippen LogP contribution >= 0.6 is 0 Å². The number of hydrogen-bond donors (Lipinski definition) is 0. The van der Waals surface area contributed by atoms with E-state index in [1.807, 2.05) is 32.1 Å². The number of rotatable bonds is 0. The van der Waals surface area contributed by atoms with Crippen molar-refractivity contribution in [1.82, 2.24) is 10.2 Å². The Balaban J connectivity index is 0.000000396. The molecule has 1 aliphatic carbocycles. The first-order chi connectivity index (χ1) is 6.47. The van der Waals surface area contributed by atoms with E-state index >= 15 is 0 Å². The van der Waals surface area contributed by atoms with Gasteiger partial charge in [0.1, 0.15) is 0 Å². The summed E-state index contributed by atoms with van der Waals surface area (Å²) in [6, 6.07) is 1.98. The molecular weight excluding hydrogens is 160 g/mol. The first-order valence-corrected chi connectivity index (χ1v) is 4.61. The summed E-state index contributed by atoms with van der Waals surface area (Å²) in [6.45, 7) is 4.00. The third kappa shape index (κ3) is 2.51. The zero-order chi connectivity index (χ0) is 9.52. The smallest absolute Gasteiger partial charge is 0.0926 e. The third-order valence-corrected chi connectivity index (χ3v) is 1.65. The Morgan fingerprint density at radius 3 is 3.00 bits per heavy atom. The summed E-state index contributed by atoms with van der Waals surface area (Å²) in [6.07, 6.45) is 10.9. The van der Waals surface area contributed by atoms with Crippen LogP contribution in [0.25, 0.3) is 12.2 Å². The summed E-state index contributed by atoms with van der Waals surface area (Å²) in [5, 5.41) is 9.93. The second kappa shape index (κ2) is 5.25. The van der Waals surface area contributed by atoms with Crippen LogP contribution in [-0.2, 0) is 0 Å². The Hall–Kier alpha value is -1.44. The second-order valence-corrected chi connectivity index (χ2v) is 2.41. The molecule has 0 aliphatic heterocycles. The van der Waals surface area contributed by atoms with Crippen molar-refractivity contribution in [3.63, 3.8) is 0 Å². The van der Waals surface area contributed by atoms with Crippen molar-refractivity contribution in [2.24, 2.45) is 0 Å². The van der Waals surface area contributed by atoms with Crippen LogP contribution in [0, 0.1) is 0 Å². The molecule has 0 bridgehead atoms. The molecule has 0 amide bonds. The summed E-state index contributed by atoms with van der Waals surface area (Å²) >= 11 is 0. The van der Waals surface area contributed by atoms with Crippen LogP contribution in [0.5, 0.6) is 0 Å². The van der Waals surface area contributed by atoms with Crippen molar-refractivity contribution in [3.05, 3.63) is 35.0 Å². The maximum absolute atomic E-state index is 3.99. The van der Waals surface area contributed by atoms with Crippen molar-refractivity contribution >= 4 is 12.2 Å². The third-order valence-electron chi connectivity index (χ3n) is 1.65. The lowest BCUT2D eigenvalue weighted by Crippen LogP contribution is -2.27. The molecule has 1 aromatic rings. The van der Waals surface area contributed by atoms with Crippen molar-refractivity contribution in [2.75, 3.05) is 0 Å². The predicted molar refractivity (Wildman–Crippen MR) is 55.3 cm³/mol. The van der Waals surface area contributed by atoms with Gasteiger partial charge < -0.3 is 0 Å². The molecular formula is C11H14N2. The van der Waals surface area contributed by atoms with Gasteiger partial charge in [-0.15, -0.1) is 0 Å². The molecule has 0 spiro atoms. The van der Waals surface area contributed by atoms with E-state index in [4.69, 9.17) is 0 Å². The molecule has 13 heavy (non-hydrogen) atoms. The number of fused-ring (bicyclic) bond motifs is 1. The van der Waals surface area contributed by atoms with Gasteiger partial charge in [0.2, 0.25) is 0 Å². The lowest BCUT2D eigenvalue weighted by Gasteiger charge is -1.83. The van der Waals surface area contributed by atoms with Crippen molar-refractivity contribution in [3.8, 4) is 0 Å². The summed E-state index contributed by atoms with van der Waals surface area (Å²) in [5.74, 6) is 0. The SMILES string of the molecule is C1=CCC=c2ccnnc2=C1.CC. The minimum atomic E-state index is 0.959. The monoisotopic (exact) mass is 174 g/mol. The van der Waals surface area contributed by atoms with E-state index in [-0.39, 0.29) is 0 Å². The average Bonchev–Trinajstić information content (AvgIpc) is 2.45. The molecule has 2 rings (SSSR count). The molecule has 2 heteroatoms. The first-order valence-electron chi connectivity index (χ1n) is 4.61. The van der Waals surface area contributed by atoms with Gasteiger partial charge in [-0.2, -0.15) is 10.2 Å². The molecule has 1 aliphatic rings. The normalized spacial score (nSPS) is 12.5. The molecule has 0 fully saturated rings. The van der Waals surface area contributed by atoms with Crippen LogP contribution in [0.1, 0.15) is 20.3 Å². The molecule has 1 aromatic heterocycles. The Labute approximate surface area is 78.3 Å². The molecule has 0 atom stereocenters. The minimum Gasteiger partial charge on any atom is -0.159 e. The molecule has 2 nitrogen and oxygen atoms in total. The summed E-state index contributed by atoms with van der Waals surface area (Å²) in [4.78, 5) is 0. The molecule has 0 aromatic carbocycles. The van der Waals surface area contributed by atoms with E-state index in [0.717, 1.165) is 11.8 Å². The Bertz CT molecular complexity index is 391. The van der Waals surface area contributed by atoms with Gasteiger partial charge in [0.25, 0.3) is 0 Å². The van der Waals surface area contributed by atoms with Gasteiger partial charge in [-0.05, 0) is 23.8 Å². The van der Waals surface area contributed by atoms with Crippen molar-refractivity contribution in [2.45, 2.75) is 20.3 Å². The number of hydrogen-bond acceptors (Lipinski definition) is 2. The van der Waals surface area contributed by atoms with Gasteiger partial charge in [-0.1, -0.05) is 32.1 Å². The van der Waals surface area contributed by atoms with Gasteiger partial charge >= 0.3 is 0 Å². The number of nitrogens with zero attached hydrogens (tertiary/aromatic N) is 2. The highest BCUT2D eigenvalue weighted by Gasteiger charge is 1.86. The highest BCUT2D eigenvalue weighted by molar-refractivity contribution is 5.41. The van der Waals surface area contributed by atoms with Crippen LogP contribution in [-0.4, -0.2) is 10.2 Å². The summed E-state index contributed by atoms with van der Waals surface area (Å²) in [5.41, 5.74) is 0. The maximum Gasteiger partial charge on any atom is 0.0926 e. The van der Waals surface area contributed by atoms with E-state index < -0.39 is 0 Å². The fourth-order valence-corrected chi connectivity index (χ4v) is 1.09. The minimum absolute atomic E-state index is 0.959. The van der Waals surface area contributed by atoms with E-state index in [2.05, 4.69) is 22.3 Å². The second-order valence-electron chi connectivity index (χ2n) is 2.41. The quantitative estimate of drug-likeness (QED) is 0.587. The Kier molecular flexibility index (Phi) is 3.89. The van der Waals surface area contributed by atoms with Gasteiger partial charge in [0.05, 0.1) is 11.5 Å². The van der Waals surface area contributed by atoms with E-state index in [1.54, 1.807) is 6.20 Å². The summed E-state index contributed by atoms with van der Waals surface area (Å²) < 4.78 is 0. The van der Waals surface area contributed by atoms with E-state index in [0.29, 0.717) is 0 Å². The zero-order valence-corrected chi connectivity index (χ0v) is 8.07. The van der Waals surface area contributed by atoms with Crippen LogP contribution in [0.15, 0.2) is 24.4 Å². The van der Waals surface area contributed by atoms with Crippen LogP contribution in [0.3, 0.4) is 0 Å². The molecule has 0 unspecified atom stereocenters. The van der Waals surface area contributed by atoms with Crippen LogP contribution in [0.2, 0.25) is 0 Å². The van der Waals surface area contributed by atoms with E-state index in [9.17, 15) is 0 Å². The lowest BCUT2D eigenvalue weighted by molar-refractivity contribution is 0.981. The van der Waals surface area contributed by atoms with Gasteiger partial charge in [-0.3, -0.25) is 0 Å². The topological polar surface area (TPSA) is 25.8 Å². The molecule has 1 heterocycles. The van der Waals surface area contributed by atoms with Crippen molar-refractivity contribution in [1.29, 1.82) is 0 Å². The highest BCUT2D eigenvalue weighted by Crippen LogP contribution is 1.86. The standard InChI is InChI=1S/C9H8N2.C2H6/c1-2-4-8-6-7-10-11-9(8)5-3-1;1-2/h1,3-7H,2H2;1-2H3. The van der Waals surface area contributed by atoms with Gasteiger partial charge in [-0.25, -0.2) is 0 Å². The lowest BCUT2D eigenvalue weighted by atomic mass is 10.3. The fourth-order valence-electron chi connectivity index (χ4n) is 1.09. The maximum atomic E-state index is 3.99. The molecule has 0 N–H and O–H groups in total. The molecule has 68 valence electrons. The average molecular weight is 174 g/mol. The molecule has 0 saturated heterocycles. The number of allylic oxidation sites excluding steroid dienone is 2. The molecule has 0 radical (unpaired) electrons.